The highest BCUT2D eigenvalue weighted by molar-refractivity contribution is 5.78. The Labute approximate surface area is 177 Å². The zero-order valence-corrected chi connectivity index (χ0v) is 16.9. The predicted octanol–water partition coefficient (Wildman–Crippen LogP) is 4.41. The molecule has 0 spiro atoms. The topological polar surface area (TPSA) is 60.5 Å². The molecular weight excluding hydrogens is 376 g/mol. The van der Waals surface area contributed by atoms with Crippen LogP contribution in [0.5, 0.6) is 5.75 Å². The van der Waals surface area contributed by atoms with E-state index in [1.165, 1.54) is 0 Å². The van der Waals surface area contributed by atoms with E-state index >= 15 is 0 Å². The second-order valence-corrected chi connectivity index (χ2v) is 7.46. The summed E-state index contributed by atoms with van der Waals surface area (Å²) in [5, 5.41) is 3.15. The molecule has 154 valence electrons. The van der Waals surface area contributed by atoms with Crippen molar-refractivity contribution in [3.8, 4) is 16.9 Å². The van der Waals surface area contributed by atoms with Crippen LogP contribution in [0, 0.1) is 5.92 Å². The van der Waals surface area contributed by atoms with Gasteiger partial charge in [0.25, 0.3) is 5.91 Å². The van der Waals surface area contributed by atoms with Gasteiger partial charge in [-0.1, -0.05) is 48.5 Å². The maximum atomic E-state index is 12.6. The van der Waals surface area contributed by atoms with Crippen molar-refractivity contribution in [1.82, 2.24) is 10.3 Å². The second kappa shape index (κ2) is 10.0. The van der Waals surface area contributed by atoms with Crippen LogP contribution in [0.15, 0.2) is 79.1 Å². The van der Waals surface area contributed by atoms with Gasteiger partial charge in [0, 0.05) is 25.6 Å². The van der Waals surface area contributed by atoms with Gasteiger partial charge in [0.1, 0.15) is 5.75 Å². The Morgan fingerprint density at radius 3 is 2.43 bits per heavy atom. The molecule has 1 aliphatic rings. The number of rotatable bonds is 7. The molecule has 3 aromatic rings. The quantitative estimate of drug-likeness (QED) is 0.636. The molecule has 1 saturated heterocycles. The van der Waals surface area contributed by atoms with Crippen LogP contribution < -0.4 is 10.1 Å². The normalized spacial score (nSPS) is 15.3. The summed E-state index contributed by atoms with van der Waals surface area (Å²) in [6.45, 7) is 1.42. The number of hydrogen-bond acceptors (Lipinski definition) is 4. The van der Waals surface area contributed by atoms with Gasteiger partial charge in [0.15, 0.2) is 6.61 Å². The van der Waals surface area contributed by atoms with Crippen LogP contribution in [-0.4, -0.2) is 30.7 Å². The minimum Gasteiger partial charge on any atom is -0.484 e. The van der Waals surface area contributed by atoms with E-state index in [4.69, 9.17) is 9.47 Å². The van der Waals surface area contributed by atoms with E-state index in [1.807, 2.05) is 60.8 Å². The maximum Gasteiger partial charge on any atom is 0.258 e. The standard InChI is InChI=1S/C25H26N2O3/c28-24(18-30-23-10-8-20(9-11-23)19-5-2-1-3-6-19)27-25(21-12-15-29-16-13-21)22-7-4-14-26-17-22/h1-11,14,17,21,25H,12-13,15-16,18H2,(H,27,28). The van der Waals surface area contributed by atoms with Crippen molar-refractivity contribution >= 4 is 5.91 Å². The van der Waals surface area contributed by atoms with Gasteiger partial charge in [0.2, 0.25) is 0 Å². The molecule has 4 rings (SSSR count). The lowest BCUT2D eigenvalue weighted by Gasteiger charge is -2.31. The first kappa shape index (κ1) is 20.1. The number of carbonyl (C=O) groups excluding carboxylic acids is 1. The third kappa shape index (κ3) is 5.24. The first-order valence-corrected chi connectivity index (χ1v) is 10.3. The van der Waals surface area contributed by atoms with Crippen molar-refractivity contribution in [3.63, 3.8) is 0 Å². The molecule has 1 atom stereocenters. The van der Waals surface area contributed by atoms with Crippen LogP contribution >= 0.6 is 0 Å². The van der Waals surface area contributed by atoms with Crippen LogP contribution in [0.3, 0.4) is 0 Å². The van der Waals surface area contributed by atoms with Crippen molar-refractivity contribution in [3.05, 3.63) is 84.7 Å². The van der Waals surface area contributed by atoms with E-state index in [9.17, 15) is 4.79 Å². The Bertz CT molecular complexity index is 924. The monoisotopic (exact) mass is 402 g/mol. The summed E-state index contributed by atoms with van der Waals surface area (Å²) in [6, 6.07) is 21.8. The number of carbonyl (C=O) groups is 1. The zero-order chi connectivity index (χ0) is 20.6. The van der Waals surface area contributed by atoms with Gasteiger partial charge in [-0.25, -0.2) is 0 Å². The first-order chi connectivity index (χ1) is 14.8. The average molecular weight is 402 g/mol. The number of amides is 1. The molecule has 0 aliphatic carbocycles. The molecule has 5 heteroatoms. The average Bonchev–Trinajstić information content (AvgIpc) is 2.83. The third-order valence-corrected chi connectivity index (χ3v) is 5.43. The minimum absolute atomic E-state index is 0.0231. The summed E-state index contributed by atoms with van der Waals surface area (Å²) in [4.78, 5) is 16.9. The molecule has 2 aromatic carbocycles. The molecule has 1 aliphatic heterocycles. The van der Waals surface area contributed by atoms with Crippen molar-refractivity contribution in [2.45, 2.75) is 18.9 Å². The highest BCUT2D eigenvalue weighted by Gasteiger charge is 2.27. The Morgan fingerprint density at radius 1 is 1.00 bits per heavy atom. The van der Waals surface area contributed by atoms with Crippen LogP contribution in [-0.2, 0) is 9.53 Å². The van der Waals surface area contributed by atoms with Crippen molar-refractivity contribution in [2.75, 3.05) is 19.8 Å². The fourth-order valence-electron chi connectivity index (χ4n) is 3.82. The number of hydrogen-bond donors (Lipinski definition) is 1. The van der Waals surface area contributed by atoms with Crippen molar-refractivity contribution in [1.29, 1.82) is 0 Å². The molecular formula is C25H26N2O3. The lowest BCUT2D eigenvalue weighted by Crippen LogP contribution is -2.38. The lowest BCUT2D eigenvalue weighted by molar-refractivity contribution is -0.124. The fraction of sp³-hybridized carbons (Fsp3) is 0.280. The van der Waals surface area contributed by atoms with Crippen molar-refractivity contribution < 1.29 is 14.3 Å². The third-order valence-electron chi connectivity index (χ3n) is 5.43. The Balaban J connectivity index is 1.36. The Morgan fingerprint density at radius 2 is 1.73 bits per heavy atom. The second-order valence-electron chi connectivity index (χ2n) is 7.46. The highest BCUT2D eigenvalue weighted by Crippen LogP contribution is 2.29. The molecule has 0 saturated carbocycles. The summed E-state index contributed by atoms with van der Waals surface area (Å²) in [7, 11) is 0. The highest BCUT2D eigenvalue weighted by atomic mass is 16.5. The molecule has 1 aromatic heterocycles. The van der Waals surface area contributed by atoms with Gasteiger partial charge in [-0.05, 0) is 53.6 Å². The lowest BCUT2D eigenvalue weighted by atomic mass is 9.87. The molecule has 5 nitrogen and oxygen atoms in total. The van der Waals surface area contributed by atoms with E-state index in [-0.39, 0.29) is 18.6 Å². The number of ether oxygens (including phenoxy) is 2. The molecule has 1 amide bonds. The van der Waals surface area contributed by atoms with Gasteiger partial charge >= 0.3 is 0 Å². The van der Waals surface area contributed by atoms with E-state index in [0.29, 0.717) is 11.7 Å². The number of nitrogens with one attached hydrogen (secondary N) is 1. The summed E-state index contributed by atoms with van der Waals surface area (Å²) in [5.74, 6) is 0.869. The number of pyridine rings is 1. The first-order valence-electron chi connectivity index (χ1n) is 10.3. The van der Waals surface area contributed by atoms with Crippen LogP contribution in [0.25, 0.3) is 11.1 Å². The van der Waals surface area contributed by atoms with Crippen molar-refractivity contribution in [2.24, 2.45) is 5.92 Å². The Hall–Kier alpha value is -3.18. The number of aromatic nitrogens is 1. The van der Waals surface area contributed by atoms with Gasteiger partial charge in [-0.3, -0.25) is 9.78 Å². The van der Waals surface area contributed by atoms with E-state index in [2.05, 4.69) is 22.4 Å². The van der Waals surface area contributed by atoms with E-state index in [1.54, 1.807) is 6.20 Å². The minimum atomic E-state index is -0.137. The largest absolute Gasteiger partial charge is 0.484 e. The van der Waals surface area contributed by atoms with Gasteiger partial charge < -0.3 is 14.8 Å². The summed E-state index contributed by atoms with van der Waals surface area (Å²) in [5.41, 5.74) is 3.28. The SMILES string of the molecule is O=C(COc1ccc(-c2ccccc2)cc1)NC(c1cccnc1)C1CCOCC1. The maximum absolute atomic E-state index is 12.6. The molecule has 0 radical (unpaired) electrons. The number of nitrogens with zero attached hydrogens (tertiary/aromatic N) is 1. The molecule has 30 heavy (non-hydrogen) atoms. The number of benzene rings is 2. The molecule has 2 heterocycles. The fourth-order valence-corrected chi connectivity index (χ4v) is 3.82. The Kier molecular flexibility index (Phi) is 6.72. The molecule has 1 unspecified atom stereocenters. The summed E-state index contributed by atoms with van der Waals surface area (Å²) in [6.07, 6.45) is 5.40. The summed E-state index contributed by atoms with van der Waals surface area (Å²) < 4.78 is 11.2. The predicted molar refractivity (Wildman–Crippen MR) is 116 cm³/mol. The van der Waals surface area contributed by atoms with E-state index in [0.717, 1.165) is 42.7 Å². The molecule has 1 N–H and O–H groups in total. The van der Waals surface area contributed by atoms with Crippen LogP contribution in [0.1, 0.15) is 24.4 Å². The smallest absolute Gasteiger partial charge is 0.258 e. The summed E-state index contributed by atoms with van der Waals surface area (Å²) >= 11 is 0. The molecule has 0 bridgehead atoms. The van der Waals surface area contributed by atoms with Crippen LogP contribution in [0.4, 0.5) is 0 Å². The zero-order valence-electron chi connectivity index (χ0n) is 16.9. The van der Waals surface area contributed by atoms with Gasteiger partial charge in [0.05, 0.1) is 6.04 Å². The van der Waals surface area contributed by atoms with E-state index < -0.39 is 0 Å². The van der Waals surface area contributed by atoms with Crippen LogP contribution in [0.2, 0.25) is 0 Å². The molecule has 1 fully saturated rings. The van der Waals surface area contributed by atoms with Gasteiger partial charge in [-0.2, -0.15) is 0 Å². The van der Waals surface area contributed by atoms with Gasteiger partial charge in [-0.15, -0.1) is 0 Å².